The molecule has 4 aromatic heterocycles. The topological polar surface area (TPSA) is 445 Å². The Morgan fingerprint density at radius 2 is 0.626 bits per heavy atom. The minimum absolute atomic E-state index is 0. The molecule has 8 heterocycles. The normalized spacial score (nSPS) is 24.4. The monoisotopic (exact) mass is 1520 g/mol. The van der Waals surface area contributed by atoms with Crippen molar-refractivity contribution in [2.45, 2.75) is 233 Å². The van der Waals surface area contributed by atoms with Gasteiger partial charge in [0.15, 0.2) is 12.5 Å². The molecule has 4 amide bonds. The molecular weight excluding hydrogens is 1400 g/mol. The van der Waals surface area contributed by atoms with Gasteiger partial charge >= 0.3 is 28.9 Å². The summed E-state index contributed by atoms with van der Waals surface area (Å²) in [5.41, 5.74) is -2.27. The van der Waals surface area contributed by atoms with Crippen LogP contribution in [0.1, 0.15) is 184 Å². The van der Waals surface area contributed by atoms with Gasteiger partial charge in [0.05, 0.1) is 44.7 Å². The van der Waals surface area contributed by atoms with Crippen LogP contribution in [0.2, 0.25) is 0 Å². The second kappa shape index (κ2) is 50.1. The van der Waals surface area contributed by atoms with Crippen LogP contribution in [0.5, 0.6) is 0 Å². The molecule has 16 atom stereocenters. The van der Waals surface area contributed by atoms with Gasteiger partial charge in [-0.05, 0) is 59.8 Å². The van der Waals surface area contributed by atoms with E-state index in [0.29, 0.717) is 38.9 Å². The number of rotatable bonds is 24. The second-order valence-corrected chi connectivity index (χ2v) is 27.9. The van der Waals surface area contributed by atoms with Crippen molar-refractivity contribution in [3.8, 4) is 0 Å². The van der Waals surface area contributed by atoms with Crippen molar-refractivity contribution in [3.05, 3.63) is 91.0 Å². The summed E-state index contributed by atoms with van der Waals surface area (Å²) >= 11 is 0. The highest BCUT2D eigenvalue weighted by Crippen LogP contribution is 2.39. The third-order valence-corrected chi connectivity index (χ3v) is 16.1. The fraction of sp³-hybridized carbons (Fsp3) is 0.712. The lowest BCUT2D eigenvalue weighted by Crippen LogP contribution is -2.36. The maximum Gasteiger partial charge on any atom is 0.373 e. The summed E-state index contributed by atoms with van der Waals surface area (Å²) in [4.78, 5) is 128. The molecule has 34 heteroatoms. The Morgan fingerprint density at radius 3 is 0.916 bits per heavy atom. The molecule has 4 saturated heterocycles. The average molecular weight is 1520 g/mol. The Kier molecular flexibility index (Phi) is 47.4. The highest BCUT2D eigenvalue weighted by molar-refractivity contribution is 5.91. The van der Waals surface area contributed by atoms with Gasteiger partial charge in [-0.15, -0.1) is 0 Å². The van der Waals surface area contributed by atoms with E-state index in [9.17, 15) is 58.8 Å². The number of ether oxygens (including phenoxy) is 8. The number of aliphatic hydroxyl groups excluding tert-OH is 4. The van der Waals surface area contributed by atoms with Crippen molar-refractivity contribution in [2.75, 3.05) is 76.1 Å². The van der Waals surface area contributed by atoms with Gasteiger partial charge < -0.3 is 79.6 Å². The van der Waals surface area contributed by atoms with Gasteiger partial charge in [0, 0.05) is 96.7 Å². The van der Waals surface area contributed by atoms with Crippen molar-refractivity contribution in [2.24, 2.45) is 53.3 Å². The van der Waals surface area contributed by atoms with E-state index < -0.39 is 78.1 Å². The summed E-state index contributed by atoms with van der Waals surface area (Å²) in [5.74, 6) is 1.71. The Labute approximate surface area is 629 Å². The second-order valence-electron chi connectivity index (χ2n) is 27.9. The van der Waals surface area contributed by atoms with Crippen LogP contribution in [0.15, 0.2) is 68.2 Å². The van der Waals surface area contributed by atoms with Gasteiger partial charge in [-0.2, -0.15) is 29.5 Å². The molecule has 107 heavy (non-hydrogen) atoms. The number of carbonyl (C=O) groups is 4. The molecular formula is C73H126N12O22. The number of anilines is 4. The lowest BCUT2D eigenvalue weighted by molar-refractivity contribution is -0.191. The van der Waals surface area contributed by atoms with E-state index in [0.717, 1.165) is 10.5 Å². The van der Waals surface area contributed by atoms with E-state index in [1.54, 1.807) is 39.5 Å². The maximum atomic E-state index is 12.3. The van der Waals surface area contributed by atoms with Gasteiger partial charge in [-0.25, -0.2) is 19.2 Å². The quantitative estimate of drug-likeness (QED) is 0.0362. The third-order valence-electron chi connectivity index (χ3n) is 16.1. The van der Waals surface area contributed by atoms with Crippen molar-refractivity contribution < 1.29 is 87.1 Å². The van der Waals surface area contributed by atoms with Gasteiger partial charge in [0.1, 0.15) is 66.2 Å². The van der Waals surface area contributed by atoms with Crippen LogP contribution in [0.4, 0.5) is 23.3 Å². The predicted molar refractivity (Wildman–Crippen MR) is 403 cm³/mol. The maximum absolute atomic E-state index is 12.3. The number of amides is 4. The smallest absolute Gasteiger partial charge is 0.373 e. The van der Waals surface area contributed by atoms with Crippen LogP contribution in [0.25, 0.3) is 0 Å². The average Bonchev–Trinajstić information content (AvgIpc) is 1.27. The summed E-state index contributed by atoms with van der Waals surface area (Å²) in [5, 5.41) is 50.9. The van der Waals surface area contributed by atoms with Crippen LogP contribution in [0.3, 0.4) is 0 Å². The number of nitrogens with one attached hydrogen (secondary N) is 4. The fourth-order valence-electron chi connectivity index (χ4n) is 10.9. The van der Waals surface area contributed by atoms with Crippen molar-refractivity contribution >= 4 is 53.1 Å². The highest BCUT2D eigenvalue weighted by Gasteiger charge is 2.46. The van der Waals surface area contributed by atoms with E-state index in [2.05, 4.69) is 75.8 Å². The Morgan fingerprint density at radius 1 is 0.393 bits per heavy atom. The number of hydrogen-bond acceptors (Lipinski definition) is 26. The van der Waals surface area contributed by atoms with E-state index in [-0.39, 0.29) is 162 Å². The zero-order valence-corrected chi connectivity index (χ0v) is 62.6. The van der Waals surface area contributed by atoms with E-state index in [4.69, 9.17) is 47.5 Å². The Bertz CT molecular complexity index is 3120. The lowest BCUT2D eigenvalue weighted by atomic mass is 9.93. The third kappa shape index (κ3) is 32.2. The molecule has 0 aromatic carbocycles. The zero-order valence-electron chi connectivity index (χ0n) is 62.6. The number of hydrogen-bond donors (Lipinski definition) is 8. The molecule has 610 valence electrons. The highest BCUT2D eigenvalue weighted by atomic mass is 16.6. The van der Waals surface area contributed by atoms with Gasteiger partial charge in [0.25, 0.3) is 0 Å². The number of methoxy groups -OCH3 is 4. The first kappa shape index (κ1) is 101. The Hall–Kier alpha value is -7.70. The Balaban J connectivity index is 0. The van der Waals surface area contributed by atoms with Crippen molar-refractivity contribution in [1.29, 1.82) is 0 Å². The van der Waals surface area contributed by atoms with Crippen LogP contribution >= 0.6 is 0 Å². The van der Waals surface area contributed by atoms with Crippen LogP contribution in [-0.4, -0.2) is 192 Å². The zero-order chi connectivity index (χ0) is 77.7. The van der Waals surface area contributed by atoms with E-state index in [1.807, 2.05) is 62.3 Å². The standard InChI is InChI=1S/C17H27N3O4.2C16H25N3O5.C15H23N3O6.C4H10.CO2.4CH4/c1-10(2)8-15(21)18-14-6-7-20(17(22)19-14)16-12(4)11(3)13(24-16)9-23-5;1-9(2)7-13(20)17-12-5-6-19(16(22)18-12)15-10(3)14(21)11(24-15)8-23-4;1-9(2)7-13(20)17-12-5-6-19(16(22)18-12)15-14(21)10(3)11(24-15)8-23-4;1-8(2)6-11(19)16-10-4-5-18(15(22)17-10)14-13(21)12(20)9(24-14)7-23-3;1-4(2)3;2-1-3;;;;/h6-7,10-13,16H,8-9H2,1-5H3,(H,18,19,21,22);2*5-6,9-11,14-15,21H,7-8H2,1-4H3,(H,17,18,20,22);4-5,8-9,12-14,20-21H,6-7H2,1-3H3,(H,16,17,19,22);4H,1-3H3;;4*1H4/t11?,12-,13-,16-;10-,11-,14?,15-;10?,11-,14-,15-;9-,12?,13-,14-;;;;;;/m1111....../s1. The number of nitrogens with zero attached hydrogens (tertiary/aromatic N) is 8. The summed E-state index contributed by atoms with van der Waals surface area (Å²) in [6.45, 7) is 30.9. The number of aliphatic hydroxyl groups is 4. The molecule has 4 fully saturated rings. The first-order valence-electron chi connectivity index (χ1n) is 34.3. The van der Waals surface area contributed by atoms with Crippen molar-refractivity contribution in [1.82, 2.24) is 38.2 Å². The molecule has 4 aliphatic rings. The molecule has 8 rings (SSSR count). The molecule has 0 spiro atoms. The van der Waals surface area contributed by atoms with E-state index in [1.165, 1.54) is 58.6 Å². The molecule has 4 aromatic rings. The lowest BCUT2D eigenvalue weighted by Gasteiger charge is -2.18. The molecule has 0 aliphatic carbocycles. The number of carbonyl (C=O) groups excluding carboxylic acids is 6. The molecule has 0 bridgehead atoms. The van der Waals surface area contributed by atoms with Crippen molar-refractivity contribution in [3.63, 3.8) is 0 Å². The van der Waals surface area contributed by atoms with E-state index >= 15 is 0 Å². The van der Waals surface area contributed by atoms with Gasteiger partial charge in [-0.3, -0.25) is 37.4 Å². The first-order valence-corrected chi connectivity index (χ1v) is 34.3. The van der Waals surface area contributed by atoms with Crippen LogP contribution < -0.4 is 44.0 Å². The summed E-state index contributed by atoms with van der Waals surface area (Å²) in [7, 11) is 6.16. The minimum atomic E-state index is -1.29. The van der Waals surface area contributed by atoms with Crippen LogP contribution in [-0.2, 0) is 66.7 Å². The molecule has 8 N–H and O–H groups in total. The van der Waals surface area contributed by atoms with Crippen LogP contribution in [0, 0.1) is 53.3 Å². The predicted octanol–water partition coefficient (Wildman–Crippen LogP) is 6.70. The molecule has 0 saturated carbocycles. The number of aromatic nitrogens is 8. The summed E-state index contributed by atoms with van der Waals surface area (Å²) < 4.78 is 48.2. The summed E-state index contributed by atoms with van der Waals surface area (Å²) in [6.07, 6.45) is -0.856. The fourth-order valence-corrected chi connectivity index (χ4v) is 10.9. The molecule has 4 aliphatic heterocycles. The van der Waals surface area contributed by atoms with Gasteiger partial charge in [0.2, 0.25) is 23.6 Å². The first-order chi connectivity index (χ1) is 48.5. The molecule has 0 radical (unpaired) electrons. The largest absolute Gasteiger partial charge is 0.390 e. The summed E-state index contributed by atoms with van der Waals surface area (Å²) in [6, 6.07) is 6.13. The SMILES string of the molecule is C.C.C.C.CC(C)C.COC[C@H]1O[C@@H](n2ccc(NC(=O)CC(C)C)nc2=O)[C@H](C)C1C.COC[C@H]1O[C@@H](n2ccc(NC(=O)CC(C)C)nc2=O)[C@H](C)C1O.COC[C@H]1O[C@@H](n2ccc(NC(=O)CC(C)C)nc2=O)[C@H](O)C1C.COC[C@H]1O[C@@H](n2ccc(NC(=O)CC(C)C)nc2=O)[C@H](O)C1O.O=C=O. The van der Waals surface area contributed by atoms with Gasteiger partial charge in [-0.1, -0.05) is 134 Å². The minimum Gasteiger partial charge on any atom is -0.390 e. The molecule has 34 nitrogen and oxygen atoms in total. The molecule has 4 unspecified atom stereocenters.